The number of carbonyl (C=O) groups is 1. The fourth-order valence-electron chi connectivity index (χ4n) is 0.228. The van der Waals surface area contributed by atoms with Gasteiger partial charge in [-0.2, -0.15) is 0 Å². The molecule has 0 spiro atoms. The van der Waals surface area contributed by atoms with Crippen LogP contribution in [0.15, 0.2) is 17.8 Å². The van der Waals surface area contributed by atoms with E-state index in [1.807, 2.05) is 0 Å². The quantitative estimate of drug-likeness (QED) is 0.394. The van der Waals surface area contributed by atoms with Crippen molar-refractivity contribution in [2.45, 2.75) is 6.92 Å². The van der Waals surface area contributed by atoms with Gasteiger partial charge < -0.3 is 4.90 Å². The maximum atomic E-state index is 10.4. The molecule has 0 N–H and O–H groups in total. The van der Waals surface area contributed by atoms with E-state index in [4.69, 9.17) is 0 Å². The summed E-state index contributed by atoms with van der Waals surface area (Å²) >= 11 is 0. The Morgan fingerprint density at radius 1 is 1.78 bits per heavy atom. The van der Waals surface area contributed by atoms with Crippen molar-refractivity contribution in [3.63, 3.8) is 0 Å². The fraction of sp³-hybridized carbons (Fsp3) is 0.333. The van der Waals surface area contributed by atoms with E-state index in [-0.39, 0.29) is 5.91 Å². The third-order valence-corrected chi connectivity index (χ3v) is 0.842. The van der Waals surface area contributed by atoms with E-state index in [0.29, 0.717) is 0 Å². The molecule has 3 nitrogen and oxygen atoms in total. The highest BCUT2D eigenvalue weighted by atomic mass is 16.2. The van der Waals surface area contributed by atoms with Gasteiger partial charge in [-0.3, -0.25) is 4.79 Å². The molecule has 0 radical (unpaired) electrons. The van der Waals surface area contributed by atoms with Gasteiger partial charge in [-0.05, 0) is 0 Å². The molecule has 0 aliphatic heterocycles. The van der Waals surface area contributed by atoms with Gasteiger partial charge in [0.15, 0.2) is 0 Å². The molecule has 0 bridgehead atoms. The molecule has 0 aliphatic rings. The molecule has 1 amide bonds. The normalized spacial score (nSPS) is 9.56. The topological polar surface area (TPSA) is 32.7 Å². The highest BCUT2D eigenvalue weighted by Gasteiger charge is 1.93. The van der Waals surface area contributed by atoms with Crippen LogP contribution < -0.4 is 0 Å². The summed E-state index contributed by atoms with van der Waals surface area (Å²) < 4.78 is 0. The molecule has 0 rings (SSSR count). The summed E-state index contributed by atoms with van der Waals surface area (Å²) in [6.45, 7) is 4.82. The van der Waals surface area contributed by atoms with Gasteiger partial charge in [-0.15, -0.1) is 0 Å². The predicted octanol–water partition coefficient (Wildman–Crippen LogP) is 0.637. The van der Waals surface area contributed by atoms with E-state index in [2.05, 4.69) is 11.6 Å². The first-order chi connectivity index (χ1) is 4.18. The molecule has 0 aliphatic carbocycles. The first kappa shape index (κ1) is 7.88. The van der Waals surface area contributed by atoms with Crippen molar-refractivity contribution in [1.29, 1.82) is 0 Å². The Kier molecular flexibility index (Phi) is 3.35. The summed E-state index contributed by atoms with van der Waals surface area (Å²) in [5.74, 6) is -0.0411. The summed E-state index contributed by atoms with van der Waals surface area (Å²) in [5, 5.41) is 0. The maximum Gasteiger partial charge on any atom is 0.224 e. The highest BCUT2D eigenvalue weighted by molar-refractivity contribution is 5.85. The van der Waals surface area contributed by atoms with Crippen LogP contribution in [0.25, 0.3) is 0 Å². The van der Waals surface area contributed by atoms with E-state index >= 15 is 0 Å². The van der Waals surface area contributed by atoms with Gasteiger partial charge in [-0.25, -0.2) is 4.99 Å². The Balaban J connectivity index is 3.75. The second-order valence-electron chi connectivity index (χ2n) is 1.58. The molecule has 0 saturated carbocycles. The van der Waals surface area contributed by atoms with Gasteiger partial charge in [0.2, 0.25) is 5.91 Å². The van der Waals surface area contributed by atoms with Crippen molar-refractivity contribution < 1.29 is 4.79 Å². The number of hydrogen-bond acceptors (Lipinski definition) is 2. The molecule has 0 saturated heterocycles. The standard InChI is InChI=1S/C6H10N2O/c1-4-7-5-8(3)6(2)9/h4-5H,1H2,2-3H3. The van der Waals surface area contributed by atoms with Crippen molar-refractivity contribution in [2.75, 3.05) is 7.05 Å². The Hall–Kier alpha value is -1.12. The van der Waals surface area contributed by atoms with Crippen LogP contribution in [0, 0.1) is 0 Å². The lowest BCUT2D eigenvalue weighted by Crippen LogP contribution is -2.21. The SMILES string of the molecule is C=CN=CN(C)C(C)=O. The average Bonchev–Trinajstić information content (AvgIpc) is 1.82. The van der Waals surface area contributed by atoms with Crippen LogP contribution in [-0.4, -0.2) is 24.2 Å². The Morgan fingerprint density at radius 2 is 2.33 bits per heavy atom. The number of hydrogen-bond donors (Lipinski definition) is 0. The molecule has 0 unspecified atom stereocenters. The lowest BCUT2D eigenvalue weighted by molar-refractivity contribution is -0.123. The molecular weight excluding hydrogens is 116 g/mol. The third-order valence-electron chi connectivity index (χ3n) is 0.842. The molecule has 50 valence electrons. The smallest absolute Gasteiger partial charge is 0.224 e. The molecule has 9 heavy (non-hydrogen) atoms. The van der Waals surface area contributed by atoms with Crippen LogP contribution in [0.2, 0.25) is 0 Å². The van der Waals surface area contributed by atoms with Crippen LogP contribution in [0.5, 0.6) is 0 Å². The molecule has 3 heteroatoms. The third kappa shape index (κ3) is 3.46. The number of rotatable bonds is 2. The maximum absolute atomic E-state index is 10.4. The van der Waals surface area contributed by atoms with Gasteiger partial charge in [0.05, 0.1) is 6.34 Å². The molecule has 0 heterocycles. The van der Waals surface area contributed by atoms with Crippen molar-refractivity contribution in [3.8, 4) is 0 Å². The van der Waals surface area contributed by atoms with E-state index in [9.17, 15) is 4.79 Å². The number of carbonyl (C=O) groups excluding carboxylic acids is 1. The molecular formula is C6H10N2O. The second-order valence-corrected chi connectivity index (χ2v) is 1.58. The van der Waals surface area contributed by atoms with Crippen LogP contribution in [0.4, 0.5) is 0 Å². The van der Waals surface area contributed by atoms with E-state index in [1.54, 1.807) is 7.05 Å². The van der Waals surface area contributed by atoms with Crippen molar-refractivity contribution in [2.24, 2.45) is 4.99 Å². The van der Waals surface area contributed by atoms with E-state index < -0.39 is 0 Å². The summed E-state index contributed by atoms with van der Waals surface area (Å²) in [7, 11) is 1.63. The number of aliphatic imine (C=N–C) groups is 1. The zero-order chi connectivity index (χ0) is 7.28. The summed E-state index contributed by atoms with van der Waals surface area (Å²) in [6.07, 6.45) is 2.79. The van der Waals surface area contributed by atoms with Crippen molar-refractivity contribution in [1.82, 2.24) is 4.90 Å². The van der Waals surface area contributed by atoms with Crippen molar-refractivity contribution >= 4 is 12.2 Å². The zero-order valence-electron chi connectivity index (χ0n) is 5.66. The number of amides is 1. The lowest BCUT2D eigenvalue weighted by Gasteiger charge is -2.04. The molecule has 0 atom stereocenters. The summed E-state index contributed by atoms with van der Waals surface area (Å²) in [6, 6.07) is 0. The Labute approximate surface area is 54.7 Å². The molecule has 0 fully saturated rings. The number of nitrogens with zero attached hydrogens (tertiary/aromatic N) is 2. The largest absolute Gasteiger partial charge is 0.306 e. The average molecular weight is 126 g/mol. The first-order valence-corrected chi connectivity index (χ1v) is 2.56. The monoisotopic (exact) mass is 126 g/mol. The van der Waals surface area contributed by atoms with E-state index in [0.717, 1.165) is 0 Å². The molecule has 0 aromatic rings. The summed E-state index contributed by atoms with van der Waals surface area (Å²) in [5.41, 5.74) is 0. The lowest BCUT2D eigenvalue weighted by atomic mass is 10.6. The van der Waals surface area contributed by atoms with Gasteiger partial charge in [0.25, 0.3) is 0 Å². The minimum atomic E-state index is -0.0411. The zero-order valence-corrected chi connectivity index (χ0v) is 5.66. The van der Waals surface area contributed by atoms with Crippen LogP contribution in [0.3, 0.4) is 0 Å². The summed E-state index contributed by atoms with van der Waals surface area (Å²) in [4.78, 5) is 15.5. The minimum Gasteiger partial charge on any atom is -0.306 e. The first-order valence-electron chi connectivity index (χ1n) is 2.56. The fourth-order valence-corrected chi connectivity index (χ4v) is 0.228. The van der Waals surface area contributed by atoms with Gasteiger partial charge >= 0.3 is 0 Å². The Morgan fingerprint density at radius 3 is 2.67 bits per heavy atom. The van der Waals surface area contributed by atoms with Gasteiger partial charge in [0.1, 0.15) is 0 Å². The highest BCUT2D eigenvalue weighted by Crippen LogP contribution is 1.76. The molecule has 0 aromatic carbocycles. The van der Waals surface area contributed by atoms with Crippen LogP contribution >= 0.6 is 0 Å². The Bertz CT molecular complexity index is 140. The van der Waals surface area contributed by atoms with Gasteiger partial charge in [-0.1, -0.05) is 6.58 Å². The van der Waals surface area contributed by atoms with Crippen LogP contribution in [0.1, 0.15) is 6.92 Å². The van der Waals surface area contributed by atoms with Crippen molar-refractivity contribution in [3.05, 3.63) is 12.8 Å². The van der Waals surface area contributed by atoms with E-state index in [1.165, 1.54) is 24.4 Å². The second kappa shape index (κ2) is 3.83. The van der Waals surface area contributed by atoms with Gasteiger partial charge in [0, 0.05) is 20.2 Å². The minimum absolute atomic E-state index is 0.0411. The van der Waals surface area contributed by atoms with Crippen LogP contribution in [-0.2, 0) is 4.79 Å². The molecule has 0 aromatic heterocycles. The predicted molar refractivity (Wildman–Crippen MR) is 37.1 cm³/mol.